The Morgan fingerprint density at radius 3 is 2.42 bits per heavy atom. The number of hydrogen-bond donors (Lipinski definition) is 0. The van der Waals surface area contributed by atoms with Crippen molar-refractivity contribution in [2.75, 3.05) is 13.2 Å². The molecule has 0 heterocycles. The van der Waals surface area contributed by atoms with Crippen LogP contribution in [0.15, 0.2) is 55.6 Å². The van der Waals surface area contributed by atoms with Gasteiger partial charge in [0.1, 0.15) is 19.3 Å². The van der Waals surface area contributed by atoms with Gasteiger partial charge in [-0.25, -0.2) is 4.79 Å². The third-order valence-electron chi connectivity index (χ3n) is 2.37. The Morgan fingerprint density at radius 2 is 1.84 bits per heavy atom. The van der Waals surface area contributed by atoms with Crippen LogP contribution in [0, 0.1) is 0 Å². The van der Waals surface area contributed by atoms with E-state index in [-0.39, 0.29) is 19.0 Å². The van der Waals surface area contributed by atoms with E-state index < -0.39 is 12.1 Å². The van der Waals surface area contributed by atoms with Gasteiger partial charge < -0.3 is 9.47 Å². The van der Waals surface area contributed by atoms with Crippen LogP contribution in [0.25, 0.3) is 0 Å². The fraction of sp³-hybridized carbons (Fsp3) is 0.200. The zero-order valence-corrected chi connectivity index (χ0v) is 10.6. The van der Waals surface area contributed by atoms with Gasteiger partial charge in [-0.15, -0.1) is 0 Å². The van der Waals surface area contributed by atoms with E-state index in [1.165, 1.54) is 6.08 Å². The molecule has 0 aliphatic rings. The van der Waals surface area contributed by atoms with Crippen LogP contribution < -0.4 is 0 Å². The zero-order valence-electron chi connectivity index (χ0n) is 10.6. The Hall–Kier alpha value is -2.20. The highest BCUT2D eigenvalue weighted by molar-refractivity contribution is 5.90. The molecule has 1 rings (SSSR count). The van der Waals surface area contributed by atoms with Crippen molar-refractivity contribution in [3.8, 4) is 0 Å². The van der Waals surface area contributed by atoms with Crippen molar-refractivity contribution in [2.45, 2.75) is 6.10 Å². The Labute approximate surface area is 112 Å². The molecule has 1 aromatic carbocycles. The van der Waals surface area contributed by atoms with Gasteiger partial charge in [-0.1, -0.05) is 43.5 Å². The second kappa shape index (κ2) is 8.00. The fourth-order valence-electron chi connectivity index (χ4n) is 1.37. The van der Waals surface area contributed by atoms with Crippen molar-refractivity contribution < 1.29 is 19.1 Å². The molecule has 100 valence electrons. The largest absolute Gasteiger partial charge is 0.459 e. The van der Waals surface area contributed by atoms with Crippen LogP contribution >= 0.6 is 0 Å². The molecule has 4 heteroatoms. The molecule has 0 fully saturated rings. The summed E-state index contributed by atoms with van der Waals surface area (Å²) < 4.78 is 10.4. The highest BCUT2D eigenvalue weighted by atomic mass is 16.6. The minimum atomic E-state index is -0.528. The molecule has 0 radical (unpaired) electrons. The molecule has 19 heavy (non-hydrogen) atoms. The highest BCUT2D eigenvalue weighted by Gasteiger charge is 2.15. The molecule has 0 bridgehead atoms. The third kappa shape index (κ3) is 5.31. The molecule has 0 aliphatic carbocycles. The number of carbonyl (C=O) groups is 2. The Kier molecular flexibility index (Phi) is 6.26. The lowest BCUT2D eigenvalue weighted by Crippen LogP contribution is -2.17. The highest BCUT2D eigenvalue weighted by Crippen LogP contribution is 2.17. The van der Waals surface area contributed by atoms with Crippen molar-refractivity contribution in [1.82, 2.24) is 0 Å². The third-order valence-corrected chi connectivity index (χ3v) is 2.37. The maximum Gasteiger partial charge on any atom is 0.330 e. The van der Waals surface area contributed by atoms with Crippen LogP contribution in [0.2, 0.25) is 0 Å². The van der Waals surface area contributed by atoms with Crippen molar-refractivity contribution in [2.24, 2.45) is 0 Å². The maximum absolute atomic E-state index is 11.2. The minimum Gasteiger partial charge on any atom is -0.459 e. The number of ether oxygens (including phenoxy) is 2. The van der Waals surface area contributed by atoms with Gasteiger partial charge in [0.15, 0.2) is 5.78 Å². The van der Waals surface area contributed by atoms with E-state index in [0.717, 1.165) is 11.6 Å². The topological polar surface area (TPSA) is 52.6 Å². The van der Waals surface area contributed by atoms with E-state index in [9.17, 15) is 9.59 Å². The van der Waals surface area contributed by atoms with Gasteiger partial charge >= 0.3 is 5.97 Å². The molecule has 1 atom stereocenters. The summed E-state index contributed by atoms with van der Waals surface area (Å²) >= 11 is 0. The quantitative estimate of drug-likeness (QED) is 0.531. The van der Waals surface area contributed by atoms with E-state index in [2.05, 4.69) is 13.2 Å². The summed E-state index contributed by atoms with van der Waals surface area (Å²) in [6.45, 7) is 6.61. The monoisotopic (exact) mass is 260 g/mol. The second-order valence-electron chi connectivity index (χ2n) is 3.71. The van der Waals surface area contributed by atoms with Gasteiger partial charge in [0.2, 0.25) is 0 Å². The van der Waals surface area contributed by atoms with Gasteiger partial charge in [-0.2, -0.15) is 0 Å². The van der Waals surface area contributed by atoms with Crippen molar-refractivity contribution in [3.05, 3.63) is 61.2 Å². The first kappa shape index (κ1) is 14.9. The van der Waals surface area contributed by atoms with Crippen molar-refractivity contribution in [1.29, 1.82) is 0 Å². The summed E-state index contributed by atoms with van der Waals surface area (Å²) in [4.78, 5) is 22.2. The molecule has 0 saturated carbocycles. The van der Waals surface area contributed by atoms with Crippen LogP contribution in [0.3, 0.4) is 0 Å². The summed E-state index contributed by atoms with van der Waals surface area (Å²) in [6.07, 6.45) is 1.78. The molecular weight excluding hydrogens is 244 g/mol. The number of benzene rings is 1. The van der Waals surface area contributed by atoms with Crippen molar-refractivity contribution in [3.63, 3.8) is 0 Å². The lowest BCUT2D eigenvalue weighted by atomic mass is 10.1. The molecule has 0 saturated heterocycles. The first-order valence-electron chi connectivity index (χ1n) is 5.78. The molecule has 0 N–H and O–H groups in total. The Balaban J connectivity index is 2.67. The smallest absolute Gasteiger partial charge is 0.330 e. The fourth-order valence-corrected chi connectivity index (χ4v) is 1.37. The Morgan fingerprint density at radius 1 is 1.16 bits per heavy atom. The predicted octanol–water partition coefficient (Wildman–Crippen LogP) is 2.23. The van der Waals surface area contributed by atoms with E-state index in [1.54, 1.807) is 0 Å². The van der Waals surface area contributed by atoms with Gasteiger partial charge in [0, 0.05) is 6.08 Å². The number of esters is 1. The first-order chi connectivity index (χ1) is 9.17. The predicted molar refractivity (Wildman–Crippen MR) is 71.5 cm³/mol. The van der Waals surface area contributed by atoms with Gasteiger partial charge in [0.05, 0.1) is 0 Å². The average Bonchev–Trinajstić information content (AvgIpc) is 2.47. The summed E-state index contributed by atoms with van der Waals surface area (Å²) in [6, 6.07) is 9.23. The van der Waals surface area contributed by atoms with E-state index in [1.807, 2.05) is 30.3 Å². The van der Waals surface area contributed by atoms with Crippen LogP contribution in [0.4, 0.5) is 0 Å². The normalized spacial score (nSPS) is 11.4. The lowest BCUT2D eigenvalue weighted by Gasteiger charge is -2.17. The van der Waals surface area contributed by atoms with Crippen molar-refractivity contribution >= 4 is 11.8 Å². The number of ketones is 1. The van der Waals surface area contributed by atoms with E-state index in [4.69, 9.17) is 9.47 Å². The summed E-state index contributed by atoms with van der Waals surface area (Å²) in [5, 5.41) is 0. The SMILES string of the molecule is C=CC(=O)COC(COC(=O)C=C)c1ccccc1. The maximum atomic E-state index is 11.2. The zero-order chi connectivity index (χ0) is 14.1. The first-order valence-corrected chi connectivity index (χ1v) is 5.78. The van der Waals surface area contributed by atoms with E-state index >= 15 is 0 Å². The average molecular weight is 260 g/mol. The molecule has 4 nitrogen and oxygen atoms in total. The number of carbonyl (C=O) groups excluding carboxylic acids is 2. The molecule has 0 amide bonds. The Bertz CT molecular complexity index is 426. The molecular formula is C15H16O4. The molecule has 0 aliphatic heterocycles. The molecule has 1 aromatic rings. The summed E-state index contributed by atoms with van der Waals surface area (Å²) in [5.41, 5.74) is 0.830. The van der Waals surface area contributed by atoms with Gasteiger partial charge in [-0.05, 0) is 11.6 Å². The summed E-state index contributed by atoms with van der Waals surface area (Å²) in [7, 11) is 0. The number of rotatable bonds is 8. The van der Waals surface area contributed by atoms with Gasteiger partial charge in [-0.3, -0.25) is 4.79 Å². The standard InChI is InChI=1S/C15H16O4/c1-3-13(16)10-18-14(11-19-15(17)4-2)12-8-6-5-7-9-12/h3-9,14H,1-2,10-11H2. The van der Waals surface area contributed by atoms with Gasteiger partial charge in [0.25, 0.3) is 0 Å². The van der Waals surface area contributed by atoms with Crippen LogP contribution in [-0.4, -0.2) is 25.0 Å². The molecule has 0 spiro atoms. The number of hydrogen-bond acceptors (Lipinski definition) is 4. The van der Waals surface area contributed by atoms with Crippen LogP contribution in [0.5, 0.6) is 0 Å². The summed E-state index contributed by atoms with van der Waals surface area (Å²) in [5.74, 6) is -0.754. The van der Waals surface area contributed by atoms with Crippen LogP contribution in [0.1, 0.15) is 11.7 Å². The molecule has 0 aromatic heterocycles. The molecule has 1 unspecified atom stereocenters. The second-order valence-corrected chi connectivity index (χ2v) is 3.71. The van der Waals surface area contributed by atoms with E-state index in [0.29, 0.717) is 0 Å². The lowest BCUT2D eigenvalue weighted by molar-refractivity contribution is -0.142. The van der Waals surface area contributed by atoms with Crippen LogP contribution in [-0.2, 0) is 19.1 Å². The minimum absolute atomic E-state index is 0.0271.